The number of phenols is 1. The van der Waals surface area contributed by atoms with Crippen LogP contribution in [0.4, 0.5) is 10.5 Å². The molecule has 51 heavy (non-hydrogen) atoms. The van der Waals surface area contributed by atoms with Gasteiger partial charge in [0.1, 0.15) is 29.2 Å². The standard InChI is InChI=1S/C36H40N4O10S/c1-36(2,3)50-35(48)38-15-16-40(20-31(44)45)30(43)7-5-4-6-14-37-34(51)39-21-8-11-24(27(17-21)33(46)47)32-25-12-9-22(41)18-28(25)49-29-19-23(42)10-13-26(29)32/h8-13,17-19,41H,4-7,14-16,20H2,1-3H3,(H,38,48)(H,44,45)(H,46,47)(H2,37,39,51). The number of unbranched alkanes of at least 4 members (excludes halogenated alkanes) is 2. The number of ether oxygens (including phenoxy) is 1. The fourth-order valence-electron chi connectivity index (χ4n) is 5.34. The number of carboxylic acids is 2. The Morgan fingerprint density at radius 3 is 2.35 bits per heavy atom. The molecule has 2 aliphatic rings. The maximum Gasteiger partial charge on any atom is 0.407 e. The number of thiocarbonyl (C=S) groups is 1. The molecule has 1 heterocycles. The van der Waals surface area contributed by atoms with E-state index in [4.69, 9.17) is 21.4 Å². The Morgan fingerprint density at radius 1 is 0.902 bits per heavy atom. The molecule has 6 N–H and O–H groups in total. The van der Waals surface area contributed by atoms with Crippen LogP contribution in [-0.2, 0) is 14.3 Å². The molecule has 2 aromatic rings. The molecule has 270 valence electrons. The molecule has 0 bridgehead atoms. The number of nitrogens with one attached hydrogen (secondary N) is 3. The van der Waals surface area contributed by atoms with Gasteiger partial charge in [-0.1, -0.05) is 12.5 Å². The lowest BCUT2D eigenvalue weighted by Crippen LogP contribution is -2.42. The van der Waals surface area contributed by atoms with E-state index in [1.165, 1.54) is 35.2 Å². The van der Waals surface area contributed by atoms with Gasteiger partial charge in [-0.2, -0.15) is 0 Å². The number of hydrogen-bond acceptors (Lipinski definition) is 9. The first-order valence-corrected chi connectivity index (χ1v) is 16.6. The molecule has 0 atom stereocenters. The number of nitrogens with zero attached hydrogens (tertiary/aromatic N) is 1. The van der Waals surface area contributed by atoms with Crippen LogP contribution in [0.5, 0.6) is 5.75 Å². The third kappa shape index (κ3) is 10.9. The molecule has 0 saturated carbocycles. The van der Waals surface area contributed by atoms with Crippen LogP contribution in [0, 0.1) is 0 Å². The summed E-state index contributed by atoms with van der Waals surface area (Å²) in [6.45, 7) is 5.20. The minimum atomic E-state index is -1.19. The molecule has 15 heteroatoms. The number of anilines is 1. The van der Waals surface area contributed by atoms with E-state index in [1.807, 2.05) is 0 Å². The van der Waals surface area contributed by atoms with Gasteiger partial charge in [-0.05, 0) is 87.8 Å². The molecule has 1 aliphatic carbocycles. The number of fused-ring (bicyclic) bond motifs is 2. The largest absolute Gasteiger partial charge is 0.508 e. The van der Waals surface area contributed by atoms with Gasteiger partial charge in [-0.15, -0.1) is 0 Å². The highest BCUT2D eigenvalue weighted by Crippen LogP contribution is 2.42. The van der Waals surface area contributed by atoms with E-state index in [0.29, 0.717) is 53.6 Å². The zero-order valence-electron chi connectivity index (χ0n) is 28.4. The van der Waals surface area contributed by atoms with Crippen molar-refractivity contribution in [2.45, 2.75) is 52.1 Å². The number of phenolic OH excluding ortho intramolecular Hbond substituents is 1. The van der Waals surface area contributed by atoms with E-state index in [2.05, 4.69) is 16.0 Å². The molecule has 0 radical (unpaired) electrons. The third-order valence-electron chi connectivity index (χ3n) is 7.54. The van der Waals surface area contributed by atoms with Crippen LogP contribution in [-0.4, -0.2) is 81.1 Å². The van der Waals surface area contributed by atoms with Crippen molar-refractivity contribution in [3.8, 4) is 28.2 Å². The van der Waals surface area contributed by atoms with Crippen molar-refractivity contribution in [2.75, 3.05) is 31.5 Å². The highest BCUT2D eigenvalue weighted by molar-refractivity contribution is 7.80. The van der Waals surface area contributed by atoms with E-state index < -0.39 is 30.2 Å². The number of carbonyl (C=O) groups excluding carboxylic acids is 2. The van der Waals surface area contributed by atoms with Crippen LogP contribution < -0.4 is 21.4 Å². The predicted molar refractivity (Wildman–Crippen MR) is 194 cm³/mol. The summed E-state index contributed by atoms with van der Waals surface area (Å²) >= 11 is 5.41. The van der Waals surface area contributed by atoms with E-state index >= 15 is 0 Å². The van der Waals surface area contributed by atoms with E-state index in [-0.39, 0.29) is 58.6 Å². The number of hydrogen-bond donors (Lipinski definition) is 6. The molecule has 2 amide bonds. The van der Waals surface area contributed by atoms with Crippen molar-refractivity contribution in [2.24, 2.45) is 0 Å². The summed E-state index contributed by atoms with van der Waals surface area (Å²) in [6, 6.07) is 13.5. The Kier molecular flexibility index (Phi) is 12.6. The normalized spacial score (nSPS) is 11.2. The van der Waals surface area contributed by atoms with Crippen molar-refractivity contribution in [1.29, 1.82) is 0 Å². The van der Waals surface area contributed by atoms with E-state index in [9.17, 15) is 39.3 Å². The van der Waals surface area contributed by atoms with Crippen LogP contribution in [0.25, 0.3) is 33.4 Å². The topological polar surface area (TPSA) is 208 Å². The number of amides is 2. The van der Waals surface area contributed by atoms with E-state index in [0.717, 1.165) is 0 Å². The number of carbonyl (C=O) groups is 4. The Hall–Kier alpha value is -5.70. The lowest BCUT2D eigenvalue weighted by Gasteiger charge is -2.23. The molecule has 0 fully saturated rings. The maximum absolute atomic E-state index is 12.7. The summed E-state index contributed by atoms with van der Waals surface area (Å²) in [5, 5.41) is 38.8. The molecule has 0 spiro atoms. The molecular weight excluding hydrogens is 680 g/mol. The van der Waals surface area contributed by atoms with Gasteiger partial charge in [0.15, 0.2) is 10.5 Å². The first kappa shape index (κ1) is 38.1. The number of rotatable bonds is 14. The summed E-state index contributed by atoms with van der Waals surface area (Å²) in [4.78, 5) is 61.5. The minimum absolute atomic E-state index is 0.0254. The zero-order valence-corrected chi connectivity index (χ0v) is 29.2. The molecular formula is C36H40N4O10S. The van der Waals surface area contributed by atoms with Crippen molar-refractivity contribution in [3.63, 3.8) is 0 Å². The summed E-state index contributed by atoms with van der Waals surface area (Å²) in [7, 11) is 0. The van der Waals surface area contributed by atoms with Crippen LogP contribution in [0.3, 0.4) is 0 Å². The summed E-state index contributed by atoms with van der Waals surface area (Å²) in [5.74, 6) is -2.50. The van der Waals surface area contributed by atoms with Gasteiger partial charge in [0.2, 0.25) is 5.91 Å². The van der Waals surface area contributed by atoms with Crippen molar-refractivity contribution in [3.05, 3.63) is 70.4 Å². The number of benzene rings is 3. The SMILES string of the molecule is CC(C)(C)OC(=O)NCCN(CC(=O)O)C(=O)CCCCCNC(=S)Nc1ccc(-c2c3ccc(=O)cc-3oc3cc(O)ccc23)c(C(=O)O)c1. The first-order chi connectivity index (χ1) is 24.1. The predicted octanol–water partition coefficient (Wildman–Crippen LogP) is 5.25. The third-order valence-corrected chi connectivity index (χ3v) is 7.78. The van der Waals surface area contributed by atoms with Gasteiger partial charge >= 0.3 is 18.0 Å². The number of carboxylic acid groups (broad SMARTS) is 2. The molecule has 1 aliphatic heterocycles. The first-order valence-electron chi connectivity index (χ1n) is 16.2. The molecule has 0 unspecified atom stereocenters. The summed E-state index contributed by atoms with van der Waals surface area (Å²) in [6.07, 6.45) is 1.28. The molecule has 14 nitrogen and oxygen atoms in total. The van der Waals surface area contributed by atoms with Crippen LogP contribution >= 0.6 is 12.2 Å². The maximum atomic E-state index is 12.7. The molecule has 2 aromatic carbocycles. The van der Waals surface area contributed by atoms with Crippen LogP contribution in [0.1, 0.15) is 56.8 Å². The van der Waals surface area contributed by atoms with Crippen molar-refractivity contribution < 1.29 is 43.7 Å². The second-order valence-corrected chi connectivity index (χ2v) is 13.1. The van der Waals surface area contributed by atoms with Crippen LogP contribution in [0.15, 0.2) is 63.8 Å². The lowest BCUT2D eigenvalue weighted by molar-refractivity contribution is -0.144. The average Bonchev–Trinajstić information content (AvgIpc) is 3.03. The fourth-order valence-corrected chi connectivity index (χ4v) is 5.56. The van der Waals surface area contributed by atoms with Gasteiger partial charge in [0.25, 0.3) is 0 Å². The lowest BCUT2D eigenvalue weighted by atomic mass is 9.90. The van der Waals surface area contributed by atoms with Gasteiger partial charge in [0, 0.05) is 60.4 Å². The molecule has 4 rings (SSSR count). The highest BCUT2D eigenvalue weighted by Gasteiger charge is 2.23. The Balaban J connectivity index is 1.32. The minimum Gasteiger partial charge on any atom is -0.508 e. The summed E-state index contributed by atoms with van der Waals surface area (Å²) in [5.41, 5.74) is 1.13. The van der Waals surface area contributed by atoms with Crippen molar-refractivity contribution in [1.82, 2.24) is 15.5 Å². The van der Waals surface area contributed by atoms with Gasteiger partial charge < -0.3 is 45.3 Å². The number of aromatic carboxylic acids is 1. The number of aromatic hydroxyl groups is 1. The molecule has 0 saturated heterocycles. The van der Waals surface area contributed by atoms with Gasteiger partial charge in [-0.3, -0.25) is 14.4 Å². The van der Waals surface area contributed by atoms with Crippen molar-refractivity contribution >= 4 is 57.9 Å². The second-order valence-electron chi connectivity index (χ2n) is 12.7. The van der Waals surface area contributed by atoms with E-state index in [1.54, 1.807) is 45.0 Å². The quantitative estimate of drug-likeness (QED) is 0.0560. The average molecular weight is 721 g/mol. The molecule has 0 aromatic heterocycles. The monoisotopic (exact) mass is 720 g/mol. The highest BCUT2D eigenvalue weighted by atomic mass is 32.1. The summed E-state index contributed by atoms with van der Waals surface area (Å²) < 4.78 is 11.0. The fraction of sp³-hybridized carbons (Fsp3) is 0.333. The zero-order chi connectivity index (χ0) is 37.3. The van der Waals surface area contributed by atoms with Crippen LogP contribution in [0.2, 0.25) is 0 Å². The Morgan fingerprint density at radius 2 is 1.65 bits per heavy atom. The Bertz CT molecular complexity index is 1970. The number of alkyl carbamates (subject to hydrolysis) is 1. The van der Waals surface area contributed by atoms with Gasteiger partial charge in [0.05, 0.1) is 5.56 Å². The smallest absolute Gasteiger partial charge is 0.407 e. The Labute approximate surface area is 298 Å². The second kappa shape index (κ2) is 16.8. The van der Waals surface area contributed by atoms with Gasteiger partial charge in [-0.25, -0.2) is 9.59 Å². The number of aliphatic carboxylic acids is 1.